The summed E-state index contributed by atoms with van der Waals surface area (Å²) in [5, 5.41) is 11.8. The van der Waals surface area contributed by atoms with Crippen molar-refractivity contribution in [3.05, 3.63) is 0 Å². The number of aliphatic carboxylic acids is 1. The molecule has 0 bridgehead atoms. The van der Waals surface area contributed by atoms with E-state index in [2.05, 4.69) is 5.32 Å². The number of nitrogens with one attached hydrogen (secondary N) is 1. The molecule has 94 valence electrons. The number of carboxylic acids is 1. The van der Waals surface area contributed by atoms with Gasteiger partial charge in [0.15, 0.2) is 0 Å². The van der Waals surface area contributed by atoms with E-state index in [4.69, 9.17) is 5.11 Å². The van der Waals surface area contributed by atoms with Gasteiger partial charge in [-0.15, -0.1) is 0 Å². The largest absolute Gasteiger partial charge is 0.481 e. The lowest BCUT2D eigenvalue weighted by atomic mass is 9.65. The highest BCUT2D eigenvalue weighted by Crippen LogP contribution is 2.56. The predicted molar refractivity (Wildman–Crippen MR) is 61.3 cm³/mol. The topological polar surface area (TPSA) is 66.4 Å². The number of rotatable bonds is 5. The van der Waals surface area contributed by atoms with E-state index in [1.54, 1.807) is 0 Å². The Morgan fingerprint density at radius 2 is 1.94 bits per heavy atom. The number of amides is 1. The summed E-state index contributed by atoms with van der Waals surface area (Å²) in [5.74, 6) is -0.724. The minimum absolute atomic E-state index is 0.0377. The van der Waals surface area contributed by atoms with Crippen molar-refractivity contribution in [2.75, 3.05) is 6.54 Å². The average molecular weight is 237 g/mol. The lowest BCUT2D eigenvalue weighted by Gasteiger charge is -2.42. The molecule has 0 aromatic heterocycles. The summed E-state index contributed by atoms with van der Waals surface area (Å²) >= 11 is 0. The van der Waals surface area contributed by atoms with Crippen LogP contribution in [0.5, 0.6) is 0 Å². The lowest BCUT2D eigenvalue weighted by molar-refractivity contribution is -0.140. The molecule has 3 aliphatic carbocycles. The first-order valence-corrected chi connectivity index (χ1v) is 6.63. The maximum atomic E-state index is 11.8. The maximum Gasteiger partial charge on any atom is 0.307 e. The Morgan fingerprint density at radius 1 is 1.24 bits per heavy atom. The quantitative estimate of drug-likeness (QED) is 0.759. The van der Waals surface area contributed by atoms with Crippen LogP contribution < -0.4 is 5.32 Å². The third-order valence-electron chi connectivity index (χ3n) is 4.85. The van der Waals surface area contributed by atoms with Gasteiger partial charge in [-0.3, -0.25) is 9.59 Å². The highest BCUT2D eigenvalue weighted by molar-refractivity contribution is 5.89. The summed E-state index contributed by atoms with van der Waals surface area (Å²) in [4.78, 5) is 22.5. The fourth-order valence-corrected chi connectivity index (χ4v) is 3.21. The minimum atomic E-state index is -0.828. The molecule has 0 aromatic carbocycles. The second-order valence-electron chi connectivity index (χ2n) is 5.99. The summed E-state index contributed by atoms with van der Waals surface area (Å²) < 4.78 is 0. The molecule has 2 unspecified atom stereocenters. The molecular formula is C13H19NO3. The number of carboxylic acid groups (broad SMARTS) is 1. The van der Waals surface area contributed by atoms with Crippen molar-refractivity contribution < 1.29 is 14.7 Å². The molecular weight excluding hydrogens is 218 g/mol. The molecule has 0 aliphatic heterocycles. The van der Waals surface area contributed by atoms with Gasteiger partial charge in [-0.2, -0.15) is 0 Å². The zero-order valence-electron chi connectivity index (χ0n) is 9.95. The first-order chi connectivity index (χ1) is 8.12. The molecule has 2 N–H and O–H groups in total. The van der Waals surface area contributed by atoms with Crippen LogP contribution in [-0.2, 0) is 9.59 Å². The van der Waals surface area contributed by atoms with Crippen molar-refractivity contribution in [1.29, 1.82) is 0 Å². The van der Waals surface area contributed by atoms with Crippen molar-refractivity contribution in [2.24, 2.45) is 23.2 Å². The van der Waals surface area contributed by atoms with Crippen molar-refractivity contribution >= 4 is 11.9 Å². The molecule has 3 fully saturated rings. The van der Waals surface area contributed by atoms with Gasteiger partial charge in [-0.05, 0) is 43.4 Å². The van der Waals surface area contributed by atoms with Crippen LogP contribution in [0.2, 0.25) is 0 Å². The zero-order valence-corrected chi connectivity index (χ0v) is 9.95. The molecule has 0 aromatic rings. The Labute approximate surface area is 101 Å². The van der Waals surface area contributed by atoms with Gasteiger partial charge < -0.3 is 10.4 Å². The highest BCUT2D eigenvalue weighted by atomic mass is 16.4. The fraction of sp³-hybridized carbons (Fsp3) is 0.846. The molecule has 1 amide bonds. The van der Waals surface area contributed by atoms with Crippen LogP contribution in [0.1, 0.15) is 38.5 Å². The van der Waals surface area contributed by atoms with Gasteiger partial charge in [0.25, 0.3) is 0 Å². The number of hydrogen-bond acceptors (Lipinski definition) is 2. The summed E-state index contributed by atoms with van der Waals surface area (Å²) in [6, 6.07) is 0. The smallest absolute Gasteiger partial charge is 0.307 e. The second kappa shape index (κ2) is 3.72. The molecule has 0 saturated heterocycles. The summed E-state index contributed by atoms with van der Waals surface area (Å²) in [6.07, 6.45) is 6.93. The second-order valence-corrected chi connectivity index (χ2v) is 5.99. The fourth-order valence-electron chi connectivity index (χ4n) is 3.21. The van der Waals surface area contributed by atoms with E-state index in [9.17, 15) is 9.59 Å². The van der Waals surface area contributed by atoms with E-state index in [1.807, 2.05) is 0 Å². The third kappa shape index (κ3) is 1.94. The van der Waals surface area contributed by atoms with Crippen LogP contribution in [0.4, 0.5) is 0 Å². The van der Waals surface area contributed by atoms with Gasteiger partial charge in [-0.1, -0.05) is 6.42 Å². The third-order valence-corrected chi connectivity index (χ3v) is 4.85. The SMILES string of the molecule is O=C(O)C1CC1C(=O)NCC1(C2CC2)CCC1. The van der Waals surface area contributed by atoms with Crippen molar-refractivity contribution in [2.45, 2.75) is 38.5 Å². The van der Waals surface area contributed by atoms with Gasteiger partial charge in [0.05, 0.1) is 11.8 Å². The van der Waals surface area contributed by atoms with Gasteiger partial charge in [-0.25, -0.2) is 0 Å². The molecule has 2 atom stereocenters. The van der Waals surface area contributed by atoms with Crippen LogP contribution in [0.15, 0.2) is 0 Å². The molecule has 0 radical (unpaired) electrons. The zero-order chi connectivity index (χ0) is 12.0. The van der Waals surface area contributed by atoms with Crippen molar-refractivity contribution in [1.82, 2.24) is 5.32 Å². The first-order valence-electron chi connectivity index (χ1n) is 6.63. The Hall–Kier alpha value is -1.06. The van der Waals surface area contributed by atoms with E-state index in [1.165, 1.54) is 32.1 Å². The van der Waals surface area contributed by atoms with E-state index >= 15 is 0 Å². The molecule has 3 saturated carbocycles. The van der Waals surface area contributed by atoms with Crippen LogP contribution >= 0.6 is 0 Å². The van der Waals surface area contributed by atoms with E-state index in [0.29, 0.717) is 11.8 Å². The Morgan fingerprint density at radius 3 is 2.35 bits per heavy atom. The standard InChI is InChI=1S/C13H19NO3/c15-11(9-6-10(9)12(16)17)14-7-13(4-1-5-13)8-2-3-8/h8-10H,1-7H2,(H,14,15)(H,16,17). The van der Waals surface area contributed by atoms with Crippen molar-refractivity contribution in [3.63, 3.8) is 0 Å². The normalized spacial score (nSPS) is 33.6. The molecule has 17 heavy (non-hydrogen) atoms. The first kappa shape index (κ1) is 11.1. The lowest BCUT2D eigenvalue weighted by Crippen LogP contribution is -2.44. The van der Waals surface area contributed by atoms with Crippen LogP contribution in [0, 0.1) is 23.2 Å². The van der Waals surface area contributed by atoms with Gasteiger partial charge in [0.1, 0.15) is 0 Å². The molecule has 4 nitrogen and oxygen atoms in total. The molecule has 3 rings (SSSR count). The maximum absolute atomic E-state index is 11.8. The number of carbonyl (C=O) groups excluding carboxylic acids is 1. The van der Waals surface area contributed by atoms with E-state index in [-0.39, 0.29) is 11.8 Å². The minimum Gasteiger partial charge on any atom is -0.481 e. The van der Waals surface area contributed by atoms with E-state index in [0.717, 1.165) is 12.5 Å². The van der Waals surface area contributed by atoms with Crippen molar-refractivity contribution in [3.8, 4) is 0 Å². The predicted octanol–water partition coefficient (Wildman–Crippen LogP) is 1.40. The molecule has 3 aliphatic rings. The Balaban J connectivity index is 1.48. The average Bonchev–Trinajstić information content (AvgIpc) is 3.09. The molecule has 4 heteroatoms. The number of carbonyl (C=O) groups is 2. The highest BCUT2D eigenvalue weighted by Gasteiger charge is 2.51. The molecule has 0 spiro atoms. The van der Waals surface area contributed by atoms with Gasteiger partial charge >= 0.3 is 5.97 Å². The van der Waals surface area contributed by atoms with Crippen LogP contribution in [0.25, 0.3) is 0 Å². The van der Waals surface area contributed by atoms with Crippen LogP contribution in [0.3, 0.4) is 0 Å². The molecule has 0 heterocycles. The summed E-state index contributed by atoms with van der Waals surface area (Å²) in [6.45, 7) is 0.777. The van der Waals surface area contributed by atoms with Gasteiger partial charge in [0.2, 0.25) is 5.91 Å². The van der Waals surface area contributed by atoms with Gasteiger partial charge in [0, 0.05) is 6.54 Å². The van der Waals surface area contributed by atoms with E-state index < -0.39 is 11.9 Å². The Kier molecular flexibility index (Phi) is 2.42. The monoisotopic (exact) mass is 237 g/mol. The van der Waals surface area contributed by atoms with Crippen LogP contribution in [-0.4, -0.2) is 23.5 Å². The Bertz CT molecular complexity index is 358. The number of hydrogen-bond donors (Lipinski definition) is 2. The summed E-state index contributed by atoms with van der Waals surface area (Å²) in [5.41, 5.74) is 0.378. The summed E-state index contributed by atoms with van der Waals surface area (Å²) in [7, 11) is 0.